The lowest BCUT2D eigenvalue weighted by atomic mass is 10.2. The minimum atomic E-state index is -0.0264. The van der Waals surface area contributed by atoms with Gasteiger partial charge in [0.2, 0.25) is 0 Å². The van der Waals surface area contributed by atoms with Crippen LogP contribution in [0.5, 0.6) is 5.75 Å². The molecule has 1 aromatic carbocycles. The highest BCUT2D eigenvalue weighted by atomic mass is 16.5. The second-order valence-electron chi connectivity index (χ2n) is 4.25. The quantitative estimate of drug-likeness (QED) is 0.777. The molecule has 0 saturated heterocycles. The molecule has 1 N–H and O–H groups in total. The van der Waals surface area contributed by atoms with Gasteiger partial charge in [0.15, 0.2) is 0 Å². The summed E-state index contributed by atoms with van der Waals surface area (Å²) in [6.45, 7) is 0.361. The summed E-state index contributed by atoms with van der Waals surface area (Å²) in [4.78, 5) is 4.46. The fraction of sp³-hybridized carbons (Fsp3) is 0.133. The Bertz CT molecular complexity index is 658. The first-order valence-corrected chi connectivity index (χ1v) is 6.11. The van der Waals surface area contributed by atoms with Gasteiger partial charge in [0.1, 0.15) is 18.0 Å². The van der Waals surface area contributed by atoms with Crippen LogP contribution in [-0.2, 0) is 13.2 Å². The lowest BCUT2D eigenvalue weighted by molar-refractivity contribution is 0.258. The van der Waals surface area contributed by atoms with Crippen LogP contribution < -0.4 is 4.74 Å². The Morgan fingerprint density at radius 1 is 1.11 bits per heavy atom. The van der Waals surface area contributed by atoms with E-state index in [0.717, 1.165) is 16.9 Å². The molecule has 4 heteroatoms. The Labute approximate surface area is 110 Å². The third-order valence-electron chi connectivity index (χ3n) is 2.93. The number of aliphatic hydroxyl groups is 1. The Kier molecular flexibility index (Phi) is 3.16. The topological polar surface area (TPSA) is 46.8 Å². The van der Waals surface area contributed by atoms with E-state index in [9.17, 15) is 5.11 Å². The smallest absolute Gasteiger partial charge is 0.137 e. The van der Waals surface area contributed by atoms with E-state index in [1.54, 1.807) is 0 Å². The summed E-state index contributed by atoms with van der Waals surface area (Å²) in [5.74, 6) is 0.696. The number of hydrogen-bond acceptors (Lipinski definition) is 3. The molecule has 0 bridgehead atoms. The van der Waals surface area contributed by atoms with Crippen molar-refractivity contribution in [2.75, 3.05) is 0 Å². The third-order valence-corrected chi connectivity index (χ3v) is 2.93. The molecule has 0 amide bonds. The van der Waals surface area contributed by atoms with E-state index in [1.165, 1.54) is 0 Å². The number of ether oxygens (including phenoxy) is 1. The zero-order valence-electron chi connectivity index (χ0n) is 10.4. The van der Waals surface area contributed by atoms with Crippen molar-refractivity contribution < 1.29 is 9.84 Å². The van der Waals surface area contributed by atoms with Crippen molar-refractivity contribution in [3.05, 3.63) is 66.1 Å². The lowest BCUT2D eigenvalue weighted by Crippen LogP contribution is -1.98. The highest BCUT2D eigenvalue weighted by Gasteiger charge is 2.04. The molecule has 3 aromatic rings. The lowest BCUT2D eigenvalue weighted by Gasteiger charge is -2.08. The fourth-order valence-electron chi connectivity index (χ4n) is 1.98. The minimum Gasteiger partial charge on any atom is -0.487 e. The molecular weight excluding hydrogens is 240 g/mol. The molecule has 0 saturated carbocycles. The first-order chi connectivity index (χ1) is 9.36. The number of aromatic nitrogens is 2. The van der Waals surface area contributed by atoms with Gasteiger partial charge in [-0.2, -0.15) is 0 Å². The molecule has 0 fully saturated rings. The highest BCUT2D eigenvalue weighted by molar-refractivity contribution is 5.39. The van der Waals surface area contributed by atoms with E-state index in [0.29, 0.717) is 12.4 Å². The van der Waals surface area contributed by atoms with Crippen molar-refractivity contribution in [1.29, 1.82) is 0 Å². The summed E-state index contributed by atoms with van der Waals surface area (Å²) in [5, 5.41) is 9.23. The van der Waals surface area contributed by atoms with Crippen LogP contribution in [0.3, 0.4) is 0 Å². The average molecular weight is 254 g/mol. The van der Waals surface area contributed by atoms with Gasteiger partial charge in [-0.15, -0.1) is 0 Å². The molecule has 0 aliphatic heterocycles. The molecule has 0 atom stereocenters. The first-order valence-electron chi connectivity index (χ1n) is 6.11. The summed E-state index contributed by atoms with van der Waals surface area (Å²) in [6, 6.07) is 13.3. The normalized spacial score (nSPS) is 10.8. The number of rotatable bonds is 4. The molecule has 0 unspecified atom stereocenters. The van der Waals surface area contributed by atoms with Crippen LogP contribution in [0.15, 0.2) is 54.9 Å². The van der Waals surface area contributed by atoms with Crippen LogP contribution in [0.25, 0.3) is 5.65 Å². The number of para-hydroxylation sites is 1. The summed E-state index contributed by atoms with van der Waals surface area (Å²) < 4.78 is 7.66. The maximum absolute atomic E-state index is 9.23. The van der Waals surface area contributed by atoms with Gasteiger partial charge < -0.3 is 14.2 Å². The van der Waals surface area contributed by atoms with Gasteiger partial charge in [-0.05, 0) is 18.2 Å². The van der Waals surface area contributed by atoms with E-state index < -0.39 is 0 Å². The third kappa shape index (κ3) is 2.44. The molecule has 0 radical (unpaired) electrons. The maximum Gasteiger partial charge on any atom is 0.137 e. The van der Waals surface area contributed by atoms with Crippen molar-refractivity contribution in [3.8, 4) is 5.75 Å². The number of fused-ring (bicyclic) bond motifs is 1. The number of aliphatic hydroxyl groups excluding tert-OH is 1. The Morgan fingerprint density at radius 3 is 2.79 bits per heavy atom. The zero-order valence-corrected chi connectivity index (χ0v) is 10.4. The zero-order chi connectivity index (χ0) is 13.1. The van der Waals surface area contributed by atoms with Crippen LogP contribution in [0.1, 0.15) is 11.3 Å². The molecule has 96 valence electrons. The molecule has 0 aliphatic carbocycles. The Hall–Kier alpha value is -2.33. The fourth-order valence-corrected chi connectivity index (χ4v) is 1.98. The molecule has 2 heterocycles. The molecule has 19 heavy (non-hydrogen) atoms. The summed E-state index contributed by atoms with van der Waals surface area (Å²) in [6.07, 6.45) is 3.89. The van der Waals surface area contributed by atoms with E-state index in [4.69, 9.17) is 4.74 Å². The van der Waals surface area contributed by atoms with Gasteiger partial charge >= 0.3 is 0 Å². The second-order valence-corrected chi connectivity index (χ2v) is 4.25. The average Bonchev–Trinajstić information content (AvgIpc) is 2.88. The molecule has 4 nitrogen and oxygen atoms in total. The Morgan fingerprint density at radius 2 is 1.95 bits per heavy atom. The molecule has 3 rings (SSSR count). The van der Waals surface area contributed by atoms with Crippen molar-refractivity contribution in [2.24, 2.45) is 0 Å². The van der Waals surface area contributed by atoms with Crippen LogP contribution >= 0.6 is 0 Å². The predicted molar refractivity (Wildman–Crippen MR) is 71.9 cm³/mol. The minimum absolute atomic E-state index is 0.0264. The molecule has 0 spiro atoms. The van der Waals surface area contributed by atoms with E-state index in [2.05, 4.69) is 4.98 Å². The standard InChI is InChI=1S/C15H14N2O2/c18-10-12-5-1-2-6-14(12)19-11-13-9-17-8-4-3-7-15(17)16-13/h1-9,18H,10-11H2. The number of pyridine rings is 1. The van der Waals surface area contributed by atoms with Gasteiger partial charge in [0.25, 0.3) is 0 Å². The van der Waals surface area contributed by atoms with Crippen LogP contribution in [0.4, 0.5) is 0 Å². The summed E-state index contributed by atoms with van der Waals surface area (Å²) in [5.41, 5.74) is 2.54. The number of imidazole rings is 1. The van der Waals surface area contributed by atoms with E-state index >= 15 is 0 Å². The maximum atomic E-state index is 9.23. The Balaban J connectivity index is 1.78. The van der Waals surface area contributed by atoms with E-state index in [1.807, 2.05) is 59.3 Å². The SMILES string of the molecule is OCc1ccccc1OCc1cn2ccccc2n1. The van der Waals surface area contributed by atoms with Gasteiger partial charge in [-0.1, -0.05) is 24.3 Å². The first kappa shape index (κ1) is 11.7. The monoisotopic (exact) mass is 254 g/mol. The second kappa shape index (κ2) is 5.12. The van der Waals surface area contributed by atoms with Gasteiger partial charge in [-0.25, -0.2) is 4.98 Å². The number of benzene rings is 1. The summed E-state index contributed by atoms with van der Waals surface area (Å²) >= 11 is 0. The molecule has 0 aliphatic rings. The molecular formula is C15H14N2O2. The van der Waals surface area contributed by atoms with Crippen LogP contribution in [0, 0.1) is 0 Å². The van der Waals surface area contributed by atoms with Crippen LogP contribution in [-0.4, -0.2) is 14.5 Å². The predicted octanol–water partition coefficient (Wildman–Crippen LogP) is 2.41. The van der Waals surface area contributed by atoms with Crippen molar-refractivity contribution in [2.45, 2.75) is 13.2 Å². The van der Waals surface area contributed by atoms with Gasteiger partial charge in [0, 0.05) is 18.0 Å². The van der Waals surface area contributed by atoms with Crippen molar-refractivity contribution in [3.63, 3.8) is 0 Å². The van der Waals surface area contributed by atoms with E-state index in [-0.39, 0.29) is 6.61 Å². The van der Waals surface area contributed by atoms with Crippen molar-refractivity contribution >= 4 is 5.65 Å². The van der Waals surface area contributed by atoms with Crippen LogP contribution in [0.2, 0.25) is 0 Å². The summed E-state index contributed by atoms with van der Waals surface area (Å²) in [7, 11) is 0. The van der Waals surface area contributed by atoms with Gasteiger partial charge in [0.05, 0.1) is 12.3 Å². The largest absolute Gasteiger partial charge is 0.487 e. The van der Waals surface area contributed by atoms with Gasteiger partial charge in [-0.3, -0.25) is 0 Å². The van der Waals surface area contributed by atoms with Crippen molar-refractivity contribution in [1.82, 2.24) is 9.38 Å². The number of hydrogen-bond donors (Lipinski definition) is 1. The highest BCUT2D eigenvalue weighted by Crippen LogP contribution is 2.19. The molecule has 2 aromatic heterocycles. The number of nitrogens with zero attached hydrogens (tertiary/aromatic N) is 2.